The number of carboxylic acid groups (broad SMARTS) is 1. The van der Waals surface area contributed by atoms with Crippen LogP contribution in [0.5, 0.6) is 0 Å². The van der Waals surface area contributed by atoms with Gasteiger partial charge in [-0.25, -0.2) is 4.79 Å². The topological polar surface area (TPSA) is 444 Å². The Morgan fingerprint density at radius 1 is 0.632 bits per heavy atom. The number of likely N-dealkylation sites (tertiary alicyclic amines) is 2. The third-order valence-corrected chi connectivity index (χ3v) is 11.3. The average molecular weight is 964 g/mol. The molecule has 3 saturated heterocycles. The molecule has 28 heteroatoms. The smallest absolute Gasteiger partial charge is 0.326 e. The van der Waals surface area contributed by atoms with Gasteiger partial charge in [-0.05, 0) is 77.7 Å². The zero-order chi connectivity index (χ0) is 50.5. The van der Waals surface area contributed by atoms with Gasteiger partial charge in [0.15, 0.2) is 5.96 Å². The maximum atomic E-state index is 14.0. The summed E-state index contributed by atoms with van der Waals surface area (Å²) in [6.07, 6.45) is 1.43. The lowest BCUT2D eigenvalue weighted by molar-refractivity contribution is -0.147. The number of aliphatic carboxylic acids is 1. The van der Waals surface area contributed by atoms with Crippen molar-refractivity contribution < 1.29 is 62.6 Å². The van der Waals surface area contributed by atoms with Gasteiger partial charge in [0.05, 0.1) is 25.7 Å². The lowest BCUT2D eigenvalue weighted by atomic mass is 10.1. The van der Waals surface area contributed by atoms with Crippen molar-refractivity contribution in [1.82, 2.24) is 52.3 Å². The number of amides is 11. The zero-order valence-electron chi connectivity index (χ0n) is 38.0. The molecule has 68 heavy (non-hydrogen) atoms. The normalized spacial score (nSPS) is 19.2. The molecule has 3 fully saturated rings. The first-order chi connectivity index (χ1) is 32.2. The summed E-state index contributed by atoms with van der Waals surface area (Å²) in [5.41, 5.74) is 21.1. The highest BCUT2D eigenvalue weighted by atomic mass is 16.4. The molecule has 28 nitrogen and oxygen atoms in total. The summed E-state index contributed by atoms with van der Waals surface area (Å²) in [6.45, 7) is 0.778. The fourth-order valence-electron chi connectivity index (χ4n) is 7.71. The van der Waals surface area contributed by atoms with Crippen LogP contribution in [0.15, 0.2) is 4.99 Å². The van der Waals surface area contributed by atoms with Gasteiger partial charge in [0, 0.05) is 32.5 Å². The van der Waals surface area contributed by atoms with Crippen molar-refractivity contribution in [2.24, 2.45) is 27.9 Å². The third kappa shape index (κ3) is 18.3. The van der Waals surface area contributed by atoms with Gasteiger partial charge in [-0.2, -0.15) is 0 Å². The van der Waals surface area contributed by atoms with E-state index in [9.17, 15) is 62.6 Å². The number of nitrogens with one attached hydrogen (secondary N) is 8. The molecule has 17 N–H and O–H groups in total. The van der Waals surface area contributed by atoms with Crippen LogP contribution in [-0.4, -0.2) is 180 Å². The molecule has 0 saturated carbocycles. The minimum absolute atomic E-state index is 0.0251. The second-order valence-corrected chi connectivity index (χ2v) is 16.6. The largest absolute Gasteiger partial charge is 0.480 e. The number of guanidine groups is 1. The molecular weight excluding hydrogens is 899 g/mol. The number of hydrogen-bond acceptors (Lipinski definition) is 14. The van der Waals surface area contributed by atoms with Gasteiger partial charge in [-0.3, -0.25) is 57.7 Å². The van der Waals surface area contributed by atoms with Crippen molar-refractivity contribution in [2.75, 3.05) is 45.8 Å². The number of carbonyl (C=O) groups is 12. The van der Waals surface area contributed by atoms with E-state index in [4.69, 9.17) is 22.9 Å². The molecule has 0 aliphatic carbocycles. The van der Waals surface area contributed by atoms with Crippen molar-refractivity contribution in [3.05, 3.63) is 0 Å². The molecule has 3 rings (SSSR count). The van der Waals surface area contributed by atoms with Crippen molar-refractivity contribution in [3.63, 3.8) is 0 Å². The summed E-state index contributed by atoms with van der Waals surface area (Å²) in [5.74, 6) is -9.72. The summed E-state index contributed by atoms with van der Waals surface area (Å²) in [4.78, 5) is 159. The second-order valence-electron chi connectivity index (χ2n) is 16.6. The van der Waals surface area contributed by atoms with Crippen LogP contribution in [0, 0.1) is 0 Å². The van der Waals surface area contributed by atoms with E-state index in [1.165, 1.54) is 16.7 Å². The average Bonchev–Trinajstić information content (AvgIpc) is 4.10. The predicted molar refractivity (Wildman–Crippen MR) is 237 cm³/mol. The van der Waals surface area contributed by atoms with Crippen molar-refractivity contribution in [2.45, 2.75) is 126 Å². The first kappa shape index (κ1) is 55.2. The van der Waals surface area contributed by atoms with Gasteiger partial charge in [-0.15, -0.1) is 0 Å². The Labute approximate surface area is 391 Å². The Morgan fingerprint density at radius 3 is 1.84 bits per heavy atom. The lowest BCUT2D eigenvalue weighted by Crippen LogP contribution is -2.58. The molecule has 11 amide bonds. The van der Waals surface area contributed by atoms with Gasteiger partial charge < -0.3 is 80.4 Å². The number of rotatable bonds is 27. The van der Waals surface area contributed by atoms with Crippen LogP contribution in [0.2, 0.25) is 0 Å². The van der Waals surface area contributed by atoms with Gasteiger partial charge in [0.2, 0.25) is 65.0 Å². The molecule has 0 aromatic rings. The van der Waals surface area contributed by atoms with Crippen LogP contribution in [0.1, 0.15) is 84.0 Å². The SMILES string of the molecule is C[C@H](NC(=O)[C@@H]1CCCN1)C(=O)NCC(=O)N1CCC[C@H]1C(=O)N1CCC[C@H]1C(=O)N[C@@H](CCC(N)=O)C(=O)N[C@@H](CCC(N)=O)C(=O)NCC(=O)NCC(=O)N[C@@H](CCCN=C(N)N)C(=O)O. The maximum Gasteiger partial charge on any atom is 0.326 e. The van der Waals surface area contributed by atoms with E-state index in [2.05, 4.69) is 47.5 Å². The molecule has 3 heterocycles. The highest BCUT2D eigenvalue weighted by Gasteiger charge is 2.43. The number of hydrogen-bond donors (Lipinski definition) is 13. The van der Waals surface area contributed by atoms with Gasteiger partial charge in [-0.1, -0.05) is 0 Å². The minimum atomic E-state index is -1.52. The number of carboxylic acids is 1. The molecule has 0 aromatic heterocycles. The van der Waals surface area contributed by atoms with Crippen LogP contribution < -0.4 is 65.5 Å². The number of aliphatic imine (C=N–C) groups is 1. The minimum Gasteiger partial charge on any atom is -0.480 e. The molecule has 0 bridgehead atoms. The lowest BCUT2D eigenvalue weighted by Gasteiger charge is -2.32. The summed E-state index contributed by atoms with van der Waals surface area (Å²) in [7, 11) is 0. The Balaban J connectivity index is 1.59. The molecule has 0 unspecified atom stereocenters. The van der Waals surface area contributed by atoms with E-state index >= 15 is 0 Å². The van der Waals surface area contributed by atoms with Crippen LogP contribution in [0.3, 0.4) is 0 Å². The number of carbonyl (C=O) groups excluding carboxylic acids is 11. The van der Waals surface area contributed by atoms with Crippen LogP contribution in [-0.2, 0) is 57.5 Å². The van der Waals surface area contributed by atoms with E-state index in [-0.39, 0.29) is 70.0 Å². The van der Waals surface area contributed by atoms with Crippen LogP contribution in [0.4, 0.5) is 0 Å². The molecule has 0 radical (unpaired) electrons. The number of nitrogens with two attached hydrogens (primary N) is 4. The van der Waals surface area contributed by atoms with E-state index in [0.29, 0.717) is 25.8 Å². The third-order valence-electron chi connectivity index (χ3n) is 11.3. The quantitative estimate of drug-likeness (QED) is 0.0207. The van der Waals surface area contributed by atoms with E-state index in [0.717, 1.165) is 6.42 Å². The monoisotopic (exact) mass is 963 g/mol. The zero-order valence-corrected chi connectivity index (χ0v) is 38.0. The van der Waals surface area contributed by atoms with Gasteiger partial charge in [0.1, 0.15) is 36.3 Å². The fourth-order valence-corrected chi connectivity index (χ4v) is 7.71. The van der Waals surface area contributed by atoms with Gasteiger partial charge >= 0.3 is 5.97 Å². The van der Waals surface area contributed by atoms with Gasteiger partial charge in [0.25, 0.3) is 0 Å². The molecule has 0 spiro atoms. The molecule has 7 atom stereocenters. The first-order valence-electron chi connectivity index (χ1n) is 22.4. The van der Waals surface area contributed by atoms with Crippen LogP contribution in [0.25, 0.3) is 0 Å². The summed E-state index contributed by atoms with van der Waals surface area (Å²) in [6, 6.07) is -7.74. The molecule has 378 valence electrons. The summed E-state index contributed by atoms with van der Waals surface area (Å²) in [5, 5.41) is 29.2. The van der Waals surface area contributed by atoms with Crippen molar-refractivity contribution >= 4 is 76.9 Å². The fraction of sp³-hybridized carbons (Fsp3) is 0.675. The Hall–Kier alpha value is -7.13. The van der Waals surface area contributed by atoms with Crippen molar-refractivity contribution in [3.8, 4) is 0 Å². The Kier molecular flexibility index (Phi) is 22.3. The summed E-state index contributed by atoms with van der Waals surface area (Å²) < 4.78 is 0. The van der Waals surface area contributed by atoms with Crippen LogP contribution >= 0.6 is 0 Å². The molecule has 3 aliphatic heterocycles. The van der Waals surface area contributed by atoms with E-state index in [1.54, 1.807) is 0 Å². The molecule has 3 aliphatic rings. The van der Waals surface area contributed by atoms with E-state index < -0.39 is 140 Å². The van der Waals surface area contributed by atoms with Crippen molar-refractivity contribution in [1.29, 1.82) is 0 Å². The Bertz CT molecular complexity index is 1920. The number of nitrogens with zero attached hydrogens (tertiary/aromatic N) is 3. The number of primary amides is 2. The summed E-state index contributed by atoms with van der Waals surface area (Å²) >= 11 is 0. The second kappa shape index (κ2) is 27.5. The van der Waals surface area contributed by atoms with E-state index in [1.807, 2.05) is 0 Å². The standard InChI is InChI=1S/C40H65N15O13/c1-21(50-35(63)22-6-2-14-45-22)33(61)49-20-32(60)54-16-5-9-27(54)38(66)55-17-4-8-26(55)37(65)53-24(11-13-29(42)57)36(64)52-23(10-12-28(41)56)34(62)48-18-30(58)47-19-31(59)51-25(39(67)68)7-3-15-46-40(43)44/h21-27,45H,2-20H2,1H3,(H2,41,56)(H2,42,57)(H,47,58)(H,48,62)(H,49,61)(H,50,63)(H,51,59)(H,52,64)(H,53,65)(H,67,68)(H4,43,44,46)/t21-,22-,23-,24-,25-,26-,27-/m0/s1. The highest BCUT2D eigenvalue weighted by Crippen LogP contribution is 2.25. The predicted octanol–water partition coefficient (Wildman–Crippen LogP) is -7.30. The first-order valence-corrected chi connectivity index (χ1v) is 22.4. The molecule has 0 aromatic carbocycles. The highest BCUT2D eigenvalue weighted by molar-refractivity contribution is 5.98. The Morgan fingerprint density at radius 2 is 1.24 bits per heavy atom. The maximum absolute atomic E-state index is 14.0. The molecular formula is C40H65N15O13.